The molecular formula is C13H10F2. The van der Waals surface area contributed by atoms with Crippen LogP contribution in [0.4, 0.5) is 8.78 Å². The van der Waals surface area contributed by atoms with E-state index in [0.29, 0.717) is 5.56 Å². The Morgan fingerprint density at radius 3 is 2.07 bits per heavy atom. The van der Waals surface area contributed by atoms with Crippen molar-refractivity contribution in [2.75, 3.05) is 0 Å². The number of rotatable bonds is 1. The summed E-state index contributed by atoms with van der Waals surface area (Å²) in [5.74, 6) is -1.10. The summed E-state index contributed by atoms with van der Waals surface area (Å²) in [5, 5.41) is 0. The Morgan fingerprint density at radius 1 is 0.867 bits per heavy atom. The molecule has 0 aromatic heterocycles. The molecule has 0 saturated heterocycles. The highest BCUT2D eigenvalue weighted by atomic mass is 19.1. The fraction of sp³-hybridized carbons (Fsp3) is 0.0769. The van der Waals surface area contributed by atoms with Crippen molar-refractivity contribution in [3.05, 3.63) is 59.7 Å². The van der Waals surface area contributed by atoms with Crippen LogP contribution in [0.5, 0.6) is 0 Å². The second-order valence-corrected chi connectivity index (χ2v) is 3.47. The lowest BCUT2D eigenvalue weighted by Gasteiger charge is -2.05. The van der Waals surface area contributed by atoms with E-state index in [1.807, 2.05) is 31.2 Å². The molecule has 2 rings (SSSR count). The number of benzene rings is 2. The largest absolute Gasteiger partial charge is 0.207 e. The molecule has 0 spiro atoms. The van der Waals surface area contributed by atoms with E-state index in [1.165, 1.54) is 12.1 Å². The predicted octanol–water partition coefficient (Wildman–Crippen LogP) is 3.94. The van der Waals surface area contributed by atoms with Gasteiger partial charge in [0.1, 0.15) is 11.6 Å². The number of halogens is 2. The molecule has 76 valence electrons. The zero-order chi connectivity index (χ0) is 10.8. The van der Waals surface area contributed by atoms with Crippen molar-refractivity contribution < 1.29 is 8.78 Å². The maximum absolute atomic E-state index is 13.0. The van der Waals surface area contributed by atoms with Gasteiger partial charge in [-0.3, -0.25) is 0 Å². The quantitative estimate of drug-likeness (QED) is 0.660. The average Bonchev–Trinajstić information content (AvgIpc) is 2.16. The van der Waals surface area contributed by atoms with Crippen LogP contribution < -0.4 is 0 Å². The molecule has 0 heterocycles. The Balaban J connectivity index is 2.59. The summed E-state index contributed by atoms with van der Waals surface area (Å²) in [7, 11) is 0. The highest BCUT2D eigenvalue weighted by molar-refractivity contribution is 5.67. The first-order valence-corrected chi connectivity index (χ1v) is 4.69. The molecule has 15 heavy (non-hydrogen) atoms. The Morgan fingerprint density at radius 2 is 1.47 bits per heavy atom. The molecule has 0 saturated carbocycles. The van der Waals surface area contributed by atoms with Gasteiger partial charge in [-0.05, 0) is 35.7 Å². The van der Waals surface area contributed by atoms with Gasteiger partial charge in [0.15, 0.2) is 0 Å². The van der Waals surface area contributed by atoms with Crippen LogP contribution >= 0.6 is 0 Å². The summed E-state index contributed by atoms with van der Waals surface area (Å²) in [6.07, 6.45) is 0. The summed E-state index contributed by atoms with van der Waals surface area (Å²) < 4.78 is 26.0. The zero-order valence-electron chi connectivity index (χ0n) is 8.30. The fourth-order valence-electron chi connectivity index (χ4n) is 1.61. The molecule has 0 atom stereocenters. The smallest absolute Gasteiger partial charge is 0.126 e. The Labute approximate surface area is 87.2 Å². The van der Waals surface area contributed by atoms with Crippen LogP contribution in [-0.2, 0) is 0 Å². The number of hydrogen-bond donors (Lipinski definition) is 0. The van der Waals surface area contributed by atoms with Crippen LogP contribution in [0.2, 0.25) is 0 Å². The molecule has 0 fully saturated rings. The second-order valence-electron chi connectivity index (χ2n) is 3.47. The van der Waals surface area contributed by atoms with Crippen molar-refractivity contribution in [3.8, 4) is 11.1 Å². The minimum atomic E-state index is -0.548. The Hall–Kier alpha value is -1.70. The third-order valence-electron chi connectivity index (χ3n) is 2.32. The van der Waals surface area contributed by atoms with Gasteiger partial charge in [-0.1, -0.05) is 24.3 Å². The summed E-state index contributed by atoms with van der Waals surface area (Å²) in [5.41, 5.74) is 2.43. The van der Waals surface area contributed by atoms with E-state index in [-0.39, 0.29) is 0 Å². The molecule has 2 heteroatoms. The molecular weight excluding hydrogens is 194 g/mol. The SMILES string of the molecule is Cc1ccccc1-c1cc(F)cc(F)c1. The Bertz CT molecular complexity index is 469. The van der Waals surface area contributed by atoms with Gasteiger partial charge in [0, 0.05) is 6.07 Å². The van der Waals surface area contributed by atoms with Gasteiger partial charge in [-0.15, -0.1) is 0 Å². The third kappa shape index (κ3) is 2.04. The minimum absolute atomic E-state index is 0.548. The van der Waals surface area contributed by atoms with Gasteiger partial charge >= 0.3 is 0 Å². The molecule has 0 nitrogen and oxygen atoms in total. The van der Waals surface area contributed by atoms with Gasteiger partial charge in [0.05, 0.1) is 0 Å². The van der Waals surface area contributed by atoms with Gasteiger partial charge in [-0.25, -0.2) is 8.78 Å². The highest BCUT2D eigenvalue weighted by Gasteiger charge is 2.04. The molecule has 0 aliphatic heterocycles. The molecule has 0 N–H and O–H groups in total. The van der Waals surface area contributed by atoms with Gasteiger partial charge < -0.3 is 0 Å². The third-order valence-corrected chi connectivity index (χ3v) is 2.32. The maximum atomic E-state index is 13.0. The molecule has 2 aromatic rings. The van der Waals surface area contributed by atoms with Crippen molar-refractivity contribution in [2.24, 2.45) is 0 Å². The molecule has 0 radical (unpaired) electrons. The maximum Gasteiger partial charge on any atom is 0.126 e. The zero-order valence-corrected chi connectivity index (χ0v) is 8.30. The number of hydrogen-bond acceptors (Lipinski definition) is 0. The summed E-state index contributed by atoms with van der Waals surface area (Å²) in [6, 6.07) is 11.1. The first-order valence-electron chi connectivity index (χ1n) is 4.69. The summed E-state index contributed by atoms with van der Waals surface area (Å²) >= 11 is 0. The fourth-order valence-corrected chi connectivity index (χ4v) is 1.61. The van der Waals surface area contributed by atoms with E-state index >= 15 is 0 Å². The summed E-state index contributed by atoms with van der Waals surface area (Å²) in [4.78, 5) is 0. The van der Waals surface area contributed by atoms with Gasteiger partial charge in [-0.2, -0.15) is 0 Å². The molecule has 0 aliphatic carbocycles. The lowest BCUT2D eigenvalue weighted by atomic mass is 10.0. The van der Waals surface area contributed by atoms with E-state index < -0.39 is 11.6 Å². The van der Waals surface area contributed by atoms with E-state index in [9.17, 15) is 8.78 Å². The van der Waals surface area contributed by atoms with Crippen LogP contribution in [0.1, 0.15) is 5.56 Å². The van der Waals surface area contributed by atoms with Crippen LogP contribution in [0.25, 0.3) is 11.1 Å². The van der Waals surface area contributed by atoms with Crippen LogP contribution in [0, 0.1) is 18.6 Å². The van der Waals surface area contributed by atoms with Crippen molar-refractivity contribution in [1.82, 2.24) is 0 Å². The first kappa shape index (κ1) is 9.84. The van der Waals surface area contributed by atoms with E-state index in [2.05, 4.69) is 0 Å². The van der Waals surface area contributed by atoms with Crippen LogP contribution in [0.3, 0.4) is 0 Å². The standard InChI is InChI=1S/C13H10F2/c1-9-4-2-3-5-13(9)10-6-11(14)8-12(15)7-10/h2-8H,1H3. The molecule has 0 unspecified atom stereocenters. The van der Waals surface area contributed by atoms with Gasteiger partial charge in [0.2, 0.25) is 0 Å². The normalized spacial score (nSPS) is 10.3. The highest BCUT2D eigenvalue weighted by Crippen LogP contribution is 2.24. The topological polar surface area (TPSA) is 0 Å². The monoisotopic (exact) mass is 204 g/mol. The Kier molecular flexibility index (Phi) is 2.50. The van der Waals surface area contributed by atoms with Crippen LogP contribution in [0.15, 0.2) is 42.5 Å². The number of aryl methyl sites for hydroxylation is 1. The lowest BCUT2D eigenvalue weighted by molar-refractivity contribution is 0.584. The molecule has 0 amide bonds. The summed E-state index contributed by atoms with van der Waals surface area (Å²) in [6.45, 7) is 1.91. The van der Waals surface area contributed by atoms with Crippen LogP contribution in [-0.4, -0.2) is 0 Å². The van der Waals surface area contributed by atoms with E-state index in [0.717, 1.165) is 17.2 Å². The lowest BCUT2D eigenvalue weighted by Crippen LogP contribution is -1.86. The van der Waals surface area contributed by atoms with E-state index in [1.54, 1.807) is 0 Å². The van der Waals surface area contributed by atoms with Crippen molar-refractivity contribution in [1.29, 1.82) is 0 Å². The first-order chi connectivity index (χ1) is 7.16. The molecule has 0 aliphatic rings. The second kappa shape index (κ2) is 3.81. The van der Waals surface area contributed by atoms with Crippen molar-refractivity contribution >= 4 is 0 Å². The van der Waals surface area contributed by atoms with E-state index in [4.69, 9.17) is 0 Å². The average molecular weight is 204 g/mol. The van der Waals surface area contributed by atoms with Gasteiger partial charge in [0.25, 0.3) is 0 Å². The minimum Gasteiger partial charge on any atom is -0.207 e. The molecule has 0 bridgehead atoms. The predicted molar refractivity (Wildman–Crippen MR) is 56.5 cm³/mol. The van der Waals surface area contributed by atoms with Crippen molar-refractivity contribution in [2.45, 2.75) is 6.92 Å². The van der Waals surface area contributed by atoms with Crippen molar-refractivity contribution in [3.63, 3.8) is 0 Å². The molecule has 2 aromatic carbocycles.